The fourth-order valence-corrected chi connectivity index (χ4v) is 1.42. The van der Waals surface area contributed by atoms with Gasteiger partial charge in [-0.15, -0.1) is 6.58 Å². The van der Waals surface area contributed by atoms with E-state index in [4.69, 9.17) is 17.5 Å². The van der Waals surface area contributed by atoms with Crippen LogP contribution in [0.2, 0.25) is 0 Å². The van der Waals surface area contributed by atoms with Crippen molar-refractivity contribution in [3.8, 4) is 0 Å². The first-order chi connectivity index (χ1) is 7.91. The zero-order valence-electron chi connectivity index (χ0n) is 12.7. The molecule has 0 fully saturated rings. The van der Waals surface area contributed by atoms with Gasteiger partial charge < -0.3 is 9.11 Å². The largest absolute Gasteiger partial charge is 1.00 e. The van der Waals surface area contributed by atoms with Gasteiger partial charge >= 0.3 is 59.1 Å². The van der Waals surface area contributed by atoms with Crippen LogP contribution in [0.15, 0.2) is 12.7 Å². The molecule has 0 unspecified atom stereocenters. The Hall–Kier alpha value is 1.61. The van der Waals surface area contributed by atoms with Gasteiger partial charge in [0.25, 0.3) is 0 Å². The molecule has 0 saturated heterocycles. The predicted octanol–water partition coefficient (Wildman–Crippen LogP) is -2.63. The Labute approximate surface area is 163 Å². The van der Waals surface area contributed by atoms with Crippen molar-refractivity contribution in [3.63, 3.8) is 0 Å². The van der Waals surface area contributed by atoms with Crippen molar-refractivity contribution >= 4 is 10.4 Å². The van der Waals surface area contributed by atoms with Crippen LogP contribution in [0.4, 0.5) is 0 Å². The predicted molar refractivity (Wildman–Crippen MR) is 67.9 cm³/mol. The second kappa shape index (κ2) is 21.9. The summed E-state index contributed by atoms with van der Waals surface area (Å²) in [4.78, 5) is 0. The molecule has 0 aromatic carbocycles. The van der Waals surface area contributed by atoms with Gasteiger partial charge in [0.15, 0.2) is 0 Å². The van der Waals surface area contributed by atoms with Gasteiger partial charge in [0.1, 0.15) is 0 Å². The fourth-order valence-electron chi connectivity index (χ4n) is 1.42. The van der Waals surface area contributed by atoms with Crippen molar-refractivity contribution in [1.82, 2.24) is 0 Å². The molecule has 0 spiro atoms. The maximum atomic E-state index is 8.52. The quantitative estimate of drug-likeness (QED) is 0.153. The molecule has 104 valence electrons. The molecular weight excluding hydrogens is 286 g/mol. The summed E-state index contributed by atoms with van der Waals surface area (Å²) < 4.78 is 34.1. The van der Waals surface area contributed by atoms with E-state index >= 15 is 0 Å². The van der Waals surface area contributed by atoms with Crippen LogP contribution >= 0.6 is 0 Å². The van der Waals surface area contributed by atoms with Gasteiger partial charge in [-0.2, -0.15) is 0 Å². The van der Waals surface area contributed by atoms with E-state index in [0.717, 1.165) is 0 Å². The average molecular weight is 310 g/mol. The Balaban J connectivity index is -0.000000139. The third-order valence-corrected chi connectivity index (χ3v) is 2.26. The van der Waals surface area contributed by atoms with Crippen molar-refractivity contribution in [2.75, 3.05) is 0 Å². The van der Waals surface area contributed by atoms with Crippen LogP contribution in [0.5, 0.6) is 0 Å². The van der Waals surface area contributed by atoms with Crippen LogP contribution in [0, 0.1) is 0 Å². The topological polar surface area (TPSA) is 80.3 Å². The van der Waals surface area contributed by atoms with Gasteiger partial charge in [-0.25, -0.2) is 0 Å². The molecule has 0 amide bonds. The summed E-state index contributed by atoms with van der Waals surface area (Å²) in [6.45, 7) is 5.99. The summed E-state index contributed by atoms with van der Waals surface area (Å²) in [6, 6.07) is 0. The summed E-state index contributed by atoms with van der Waals surface area (Å²) in [5.74, 6) is 0. The Bertz CT molecular complexity index is 248. The first kappa shape index (κ1) is 28.7. The van der Waals surface area contributed by atoms with Crippen LogP contribution in [-0.2, 0) is 10.4 Å². The molecule has 0 aromatic heterocycles. The number of rotatable bonds is 9. The molecule has 0 rings (SSSR count). The van der Waals surface area contributed by atoms with E-state index in [0.29, 0.717) is 0 Å². The zero-order valence-corrected chi connectivity index (χ0v) is 17.5. The number of hydrogen-bond acceptors (Lipinski definition) is 4. The Morgan fingerprint density at radius 2 is 1.21 bits per heavy atom. The molecule has 19 heavy (non-hydrogen) atoms. The first-order valence-corrected chi connectivity index (χ1v) is 7.52. The molecular formula is C12H24Na2O4S. The molecule has 0 heterocycles. The summed E-state index contributed by atoms with van der Waals surface area (Å²) in [7, 11) is -5.17. The molecule has 4 nitrogen and oxygen atoms in total. The monoisotopic (exact) mass is 310 g/mol. The molecule has 0 saturated carbocycles. The van der Waals surface area contributed by atoms with Crippen LogP contribution in [-0.4, -0.2) is 17.5 Å². The SMILES string of the molecule is C=CCCCCCCCCCC.O=S(=O)([O-])[O-].[Na+].[Na+]. The molecule has 0 N–H and O–H groups in total. The van der Waals surface area contributed by atoms with E-state index in [-0.39, 0.29) is 59.1 Å². The molecule has 0 bridgehead atoms. The summed E-state index contributed by atoms with van der Waals surface area (Å²) in [6.07, 6.45) is 14.5. The van der Waals surface area contributed by atoms with E-state index in [1.165, 1.54) is 57.8 Å². The van der Waals surface area contributed by atoms with Crippen LogP contribution < -0.4 is 59.1 Å². The van der Waals surface area contributed by atoms with Crippen LogP contribution in [0.25, 0.3) is 0 Å². The zero-order chi connectivity index (χ0) is 13.6. The number of hydrogen-bond donors (Lipinski definition) is 0. The van der Waals surface area contributed by atoms with Crippen molar-refractivity contribution in [2.45, 2.75) is 64.7 Å². The molecule has 0 aliphatic carbocycles. The summed E-state index contributed by atoms with van der Waals surface area (Å²) >= 11 is 0. The van der Waals surface area contributed by atoms with E-state index in [1.54, 1.807) is 0 Å². The van der Waals surface area contributed by atoms with Gasteiger partial charge in [-0.1, -0.05) is 57.9 Å². The normalized spacial score (nSPS) is 9.42. The first-order valence-electron chi connectivity index (χ1n) is 6.19. The molecule has 0 aliphatic rings. The molecule has 0 atom stereocenters. The average Bonchev–Trinajstić information content (AvgIpc) is 2.20. The van der Waals surface area contributed by atoms with Gasteiger partial charge in [-0.3, -0.25) is 8.42 Å². The Morgan fingerprint density at radius 1 is 0.895 bits per heavy atom. The number of allylic oxidation sites excluding steroid dienone is 1. The van der Waals surface area contributed by atoms with Crippen LogP contribution in [0.1, 0.15) is 64.7 Å². The second-order valence-electron chi connectivity index (χ2n) is 3.96. The minimum atomic E-state index is -5.17. The molecule has 0 radical (unpaired) electrons. The standard InChI is InChI=1S/C12H24.2Na.H2O4S/c1-3-5-7-9-11-12-10-8-6-4-2;;;1-5(2,3)4/h3H,1,4-12H2,2H3;;;(H2,1,2,3,4)/q;2*+1;/p-2. The third kappa shape index (κ3) is 54.0. The summed E-state index contributed by atoms with van der Waals surface area (Å²) in [5.41, 5.74) is 0. The third-order valence-electron chi connectivity index (χ3n) is 2.26. The van der Waals surface area contributed by atoms with E-state index in [1.807, 2.05) is 6.08 Å². The minimum absolute atomic E-state index is 0. The van der Waals surface area contributed by atoms with Gasteiger partial charge in [0.2, 0.25) is 0 Å². The van der Waals surface area contributed by atoms with Gasteiger partial charge in [-0.05, 0) is 12.8 Å². The second-order valence-corrected chi connectivity index (χ2v) is 4.78. The maximum Gasteiger partial charge on any atom is 1.00 e. The van der Waals surface area contributed by atoms with Crippen molar-refractivity contribution in [3.05, 3.63) is 12.7 Å². The van der Waals surface area contributed by atoms with Crippen LogP contribution in [0.3, 0.4) is 0 Å². The Kier molecular flexibility index (Phi) is 33.1. The smallest absolute Gasteiger partial charge is 0.759 e. The van der Waals surface area contributed by atoms with Crippen molar-refractivity contribution < 1.29 is 76.6 Å². The molecule has 0 aliphatic heterocycles. The van der Waals surface area contributed by atoms with Crippen molar-refractivity contribution in [1.29, 1.82) is 0 Å². The maximum absolute atomic E-state index is 8.52. The van der Waals surface area contributed by atoms with Gasteiger partial charge in [0.05, 0.1) is 0 Å². The van der Waals surface area contributed by atoms with Crippen molar-refractivity contribution in [2.24, 2.45) is 0 Å². The summed E-state index contributed by atoms with van der Waals surface area (Å²) in [5, 5.41) is 0. The van der Waals surface area contributed by atoms with Gasteiger partial charge in [0, 0.05) is 10.4 Å². The van der Waals surface area contributed by atoms with E-state index in [9.17, 15) is 0 Å². The molecule has 7 heteroatoms. The van der Waals surface area contributed by atoms with E-state index < -0.39 is 10.4 Å². The Morgan fingerprint density at radius 3 is 1.53 bits per heavy atom. The fraction of sp³-hybridized carbons (Fsp3) is 0.833. The van der Waals surface area contributed by atoms with E-state index in [2.05, 4.69) is 13.5 Å². The minimum Gasteiger partial charge on any atom is -0.759 e. The number of unbranched alkanes of at least 4 members (excludes halogenated alkanes) is 8. The molecule has 0 aromatic rings.